The van der Waals surface area contributed by atoms with Gasteiger partial charge in [0.05, 0.1) is 16.1 Å². The topological polar surface area (TPSA) is 76.3 Å². The van der Waals surface area contributed by atoms with E-state index in [-0.39, 0.29) is 12.3 Å². The maximum atomic E-state index is 12.3. The first-order valence-electron chi connectivity index (χ1n) is 8.09. The Balaban J connectivity index is 1.74. The van der Waals surface area contributed by atoms with E-state index in [9.17, 15) is 9.59 Å². The van der Waals surface area contributed by atoms with Crippen molar-refractivity contribution in [1.82, 2.24) is 4.98 Å². The van der Waals surface area contributed by atoms with Crippen molar-refractivity contribution in [3.8, 4) is 10.6 Å². The number of amides is 2. The number of anilines is 1. The number of hydrogen-bond acceptors (Lipinski definition) is 4. The van der Waals surface area contributed by atoms with Gasteiger partial charge in [0.15, 0.2) is 0 Å². The Morgan fingerprint density at radius 2 is 2.08 bits per heavy atom. The van der Waals surface area contributed by atoms with Gasteiger partial charge in [-0.3, -0.25) is 9.59 Å². The number of aryl methyl sites for hydroxylation is 1. The summed E-state index contributed by atoms with van der Waals surface area (Å²) in [5.74, 6) is -0.901. The van der Waals surface area contributed by atoms with Crippen LogP contribution in [0.5, 0.6) is 0 Å². The minimum atomic E-state index is -0.421. The highest BCUT2D eigenvalue weighted by molar-refractivity contribution is 7.21. The predicted molar refractivity (Wildman–Crippen MR) is 99.4 cm³/mol. The first-order valence-corrected chi connectivity index (χ1v) is 8.91. The third-order valence-electron chi connectivity index (χ3n) is 4.57. The number of fused-ring (bicyclic) bond motifs is 1. The molecule has 1 aromatic heterocycles. The summed E-state index contributed by atoms with van der Waals surface area (Å²) in [7, 11) is 0. The molecular weight excluding hydrogens is 334 g/mol. The monoisotopic (exact) mass is 351 g/mol. The Kier molecular flexibility index (Phi) is 3.77. The number of aromatic nitrogens is 1. The molecule has 0 bridgehead atoms. The van der Waals surface area contributed by atoms with Gasteiger partial charge in [-0.15, -0.1) is 11.3 Å². The minimum Gasteiger partial charge on any atom is -0.369 e. The third-order valence-corrected chi connectivity index (χ3v) is 5.65. The lowest BCUT2D eigenvalue weighted by atomic mass is 10.1. The normalized spacial score (nSPS) is 17.4. The summed E-state index contributed by atoms with van der Waals surface area (Å²) in [6.45, 7) is 2.31. The van der Waals surface area contributed by atoms with Gasteiger partial charge in [0.2, 0.25) is 11.8 Å². The molecule has 1 atom stereocenters. The number of nitrogens with two attached hydrogens (primary N) is 1. The van der Waals surface area contributed by atoms with Crippen LogP contribution in [0.4, 0.5) is 5.69 Å². The molecule has 2 N–H and O–H groups in total. The first-order chi connectivity index (χ1) is 12.0. The van der Waals surface area contributed by atoms with Crippen LogP contribution in [-0.2, 0) is 9.59 Å². The molecule has 1 fully saturated rings. The summed E-state index contributed by atoms with van der Waals surface area (Å²) in [6.07, 6.45) is 0.181. The van der Waals surface area contributed by atoms with E-state index >= 15 is 0 Å². The summed E-state index contributed by atoms with van der Waals surface area (Å²) in [4.78, 5) is 30.1. The molecule has 0 aliphatic carbocycles. The van der Waals surface area contributed by atoms with Crippen LogP contribution in [-0.4, -0.2) is 23.3 Å². The molecule has 1 aliphatic rings. The van der Waals surface area contributed by atoms with Crippen molar-refractivity contribution in [3.63, 3.8) is 0 Å². The van der Waals surface area contributed by atoms with Crippen LogP contribution in [0.25, 0.3) is 20.8 Å². The van der Waals surface area contributed by atoms with E-state index in [1.807, 2.05) is 49.4 Å². The summed E-state index contributed by atoms with van der Waals surface area (Å²) in [6, 6.07) is 14.0. The van der Waals surface area contributed by atoms with Crippen LogP contribution in [0.3, 0.4) is 0 Å². The van der Waals surface area contributed by atoms with E-state index in [0.717, 1.165) is 32.0 Å². The van der Waals surface area contributed by atoms with Crippen LogP contribution < -0.4 is 10.6 Å². The molecule has 1 saturated heterocycles. The molecule has 0 saturated carbocycles. The second-order valence-corrected chi connectivity index (χ2v) is 7.33. The van der Waals surface area contributed by atoms with Gasteiger partial charge in [0, 0.05) is 24.2 Å². The lowest BCUT2D eigenvalue weighted by Crippen LogP contribution is -2.28. The van der Waals surface area contributed by atoms with Crippen LogP contribution in [0.15, 0.2) is 42.5 Å². The highest BCUT2D eigenvalue weighted by Crippen LogP contribution is 2.35. The molecule has 0 radical (unpaired) electrons. The molecule has 2 heterocycles. The maximum Gasteiger partial charge on any atom is 0.227 e. The number of rotatable bonds is 3. The zero-order chi connectivity index (χ0) is 17.6. The van der Waals surface area contributed by atoms with Gasteiger partial charge >= 0.3 is 0 Å². The summed E-state index contributed by atoms with van der Waals surface area (Å²) >= 11 is 1.63. The van der Waals surface area contributed by atoms with Crippen LogP contribution in [0.2, 0.25) is 0 Å². The zero-order valence-electron chi connectivity index (χ0n) is 13.7. The minimum absolute atomic E-state index is 0.0617. The van der Waals surface area contributed by atoms with Crippen molar-refractivity contribution in [2.45, 2.75) is 13.3 Å². The van der Waals surface area contributed by atoms with Crippen molar-refractivity contribution in [3.05, 3.63) is 48.0 Å². The molecule has 2 aromatic carbocycles. The molecule has 0 spiro atoms. The van der Waals surface area contributed by atoms with Crippen LogP contribution in [0, 0.1) is 12.8 Å². The fraction of sp³-hybridized carbons (Fsp3) is 0.211. The standard InChI is InChI=1S/C19H17N3O2S/c1-11-6-7-12(19-21-14-4-2-3-5-16(14)25-19)8-15(11)22-10-13(18(20)24)9-17(22)23/h2-8,13H,9-10H2,1H3,(H2,20,24). The second kappa shape index (κ2) is 5.97. The van der Waals surface area contributed by atoms with Gasteiger partial charge in [-0.25, -0.2) is 4.98 Å². The van der Waals surface area contributed by atoms with E-state index in [4.69, 9.17) is 5.73 Å². The van der Waals surface area contributed by atoms with Crippen LogP contribution >= 0.6 is 11.3 Å². The van der Waals surface area contributed by atoms with Crippen molar-refractivity contribution < 1.29 is 9.59 Å². The van der Waals surface area contributed by atoms with E-state index in [0.29, 0.717) is 6.54 Å². The number of para-hydroxylation sites is 1. The average Bonchev–Trinajstić information content (AvgIpc) is 3.19. The number of nitrogens with zero attached hydrogens (tertiary/aromatic N) is 2. The Labute approximate surface area is 149 Å². The van der Waals surface area contributed by atoms with Gasteiger partial charge in [-0.2, -0.15) is 0 Å². The Morgan fingerprint density at radius 3 is 2.80 bits per heavy atom. The molecule has 25 heavy (non-hydrogen) atoms. The highest BCUT2D eigenvalue weighted by atomic mass is 32.1. The number of carbonyl (C=O) groups excluding carboxylic acids is 2. The van der Waals surface area contributed by atoms with Crippen molar-refractivity contribution in [2.75, 3.05) is 11.4 Å². The smallest absolute Gasteiger partial charge is 0.227 e. The maximum absolute atomic E-state index is 12.3. The lowest BCUT2D eigenvalue weighted by Gasteiger charge is -2.19. The van der Waals surface area contributed by atoms with E-state index in [1.54, 1.807) is 16.2 Å². The first kappa shape index (κ1) is 15.8. The number of benzene rings is 2. The fourth-order valence-corrected chi connectivity index (χ4v) is 4.12. The second-order valence-electron chi connectivity index (χ2n) is 6.30. The quantitative estimate of drug-likeness (QED) is 0.788. The molecule has 5 nitrogen and oxygen atoms in total. The molecule has 1 aliphatic heterocycles. The van der Waals surface area contributed by atoms with Crippen LogP contribution in [0.1, 0.15) is 12.0 Å². The predicted octanol–water partition coefficient (Wildman–Crippen LogP) is 3.11. The molecular formula is C19H17N3O2S. The number of thiazole rings is 1. The molecule has 2 amide bonds. The Morgan fingerprint density at radius 1 is 1.28 bits per heavy atom. The highest BCUT2D eigenvalue weighted by Gasteiger charge is 2.34. The van der Waals surface area contributed by atoms with Crippen molar-refractivity contribution in [1.29, 1.82) is 0 Å². The molecule has 1 unspecified atom stereocenters. The summed E-state index contributed by atoms with van der Waals surface area (Å²) in [5, 5.41) is 0.917. The van der Waals surface area contributed by atoms with Crippen molar-refractivity contribution in [2.24, 2.45) is 11.7 Å². The Bertz CT molecular complexity index is 962. The van der Waals surface area contributed by atoms with E-state index in [2.05, 4.69) is 4.98 Å². The van der Waals surface area contributed by atoms with Gasteiger partial charge in [-0.1, -0.05) is 24.3 Å². The van der Waals surface area contributed by atoms with Gasteiger partial charge in [0.25, 0.3) is 0 Å². The number of carbonyl (C=O) groups is 2. The Hall–Kier alpha value is -2.73. The molecule has 3 aromatic rings. The van der Waals surface area contributed by atoms with E-state index in [1.165, 1.54) is 0 Å². The van der Waals surface area contributed by atoms with Crippen molar-refractivity contribution >= 4 is 39.1 Å². The fourth-order valence-electron chi connectivity index (χ4n) is 3.16. The SMILES string of the molecule is Cc1ccc(-c2nc3ccccc3s2)cc1N1CC(C(N)=O)CC1=O. The average molecular weight is 351 g/mol. The van der Waals surface area contributed by atoms with Gasteiger partial charge in [0.1, 0.15) is 5.01 Å². The largest absolute Gasteiger partial charge is 0.369 e. The number of primary amides is 1. The number of hydrogen-bond donors (Lipinski definition) is 1. The van der Waals surface area contributed by atoms with Gasteiger partial charge in [-0.05, 0) is 30.7 Å². The summed E-state index contributed by atoms with van der Waals surface area (Å²) < 4.78 is 1.13. The zero-order valence-corrected chi connectivity index (χ0v) is 14.5. The third kappa shape index (κ3) is 2.78. The van der Waals surface area contributed by atoms with Gasteiger partial charge < -0.3 is 10.6 Å². The molecule has 126 valence electrons. The van der Waals surface area contributed by atoms with E-state index < -0.39 is 11.8 Å². The molecule has 6 heteroatoms. The molecule has 4 rings (SSSR count). The summed E-state index contributed by atoms with van der Waals surface area (Å²) in [5.41, 5.74) is 9.13. The lowest BCUT2D eigenvalue weighted by molar-refractivity contribution is -0.123.